The van der Waals surface area contributed by atoms with Crippen LogP contribution in [-0.2, 0) is 31.9 Å². The predicted molar refractivity (Wildman–Crippen MR) is 123 cm³/mol. The van der Waals surface area contributed by atoms with Gasteiger partial charge in [-0.1, -0.05) is 24.3 Å². The lowest BCUT2D eigenvalue weighted by Crippen LogP contribution is -2.41. The molecule has 1 fully saturated rings. The van der Waals surface area contributed by atoms with Crippen LogP contribution < -0.4 is 10.2 Å². The van der Waals surface area contributed by atoms with Gasteiger partial charge in [-0.25, -0.2) is 0 Å². The highest BCUT2D eigenvalue weighted by Gasteiger charge is 2.52. The first-order valence-electron chi connectivity index (χ1n) is 11.0. The molecule has 2 aromatic carbocycles. The van der Waals surface area contributed by atoms with E-state index in [4.69, 9.17) is 23.2 Å². The molecule has 0 saturated carbocycles. The minimum atomic E-state index is -0.709. The van der Waals surface area contributed by atoms with Gasteiger partial charge in [0.15, 0.2) is 0 Å². The second kappa shape index (κ2) is 8.84. The van der Waals surface area contributed by atoms with Gasteiger partial charge in [-0.2, -0.15) is 4.39 Å². The molecule has 1 aliphatic rings. The lowest BCUT2D eigenvalue weighted by atomic mass is 9.77. The van der Waals surface area contributed by atoms with Crippen molar-refractivity contribution in [1.82, 2.24) is 0 Å². The highest BCUT2D eigenvalue weighted by Crippen LogP contribution is 2.37. The molecule has 4 rings (SSSR count). The van der Waals surface area contributed by atoms with Crippen molar-refractivity contribution in [2.45, 2.75) is 58.8 Å². The average molecular weight is 454 g/mol. The zero-order chi connectivity index (χ0) is 23.8. The Hall–Kier alpha value is -2.84. The molecule has 0 spiro atoms. The minimum absolute atomic E-state index is 0.120. The fourth-order valence-electron chi connectivity index (χ4n) is 3.76. The first kappa shape index (κ1) is 23.3. The maximum atomic E-state index is 14.0. The summed E-state index contributed by atoms with van der Waals surface area (Å²) in [5.41, 5.74) is 1.42. The molecule has 0 N–H and O–H groups in total. The third-order valence-electron chi connectivity index (χ3n) is 6.19. The number of carbonyl (C=O) groups is 1. The zero-order valence-electron chi connectivity index (χ0n) is 19.6. The Kier molecular flexibility index (Phi) is 6.25. The zero-order valence-corrected chi connectivity index (χ0v) is 19.6. The number of carbonyl (C=O) groups excluding carboxylic acids is 1. The summed E-state index contributed by atoms with van der Waals surface area (Å²) in [4.78, 5) is 11.9. The standard InChI is InChI=1S/C25H28BFO6/c1-6-29-22(28)14-17-9-7-8-10-20(17)30-15-16-11-18-13-21(27)31-23(18)19(12-16)26-32-24(2,3)25(4,5)33-26/h7-13H,6,14-15H2,1-5H3. The van der Waals surface area contributed by atoms with Crippen LogP contribution in [0.25, 0.3) is 11.0 Å². The van der Waals surface area contributed by atoms with Gasteiger partial charge in [0.1, 0.15) is 17.9 Å². The Morgan fingerprint density at radius 1 is 1.06 bits per heavy atom. The summed E-state index contributed by atoms with van der Waals surface area (Å²) >= 11 is 0. The first-order chi connectivity index (χ1) is 15.6. The number of rotatable bonds is 7. The van der Waals surface area contributed by atoms with Gasteiger partial charge in [0.25, 0.3) is 6.01 Å². The smallest absolute Gasteiger partial charge is 0.489 e. The Bertz CT molecular complexity index is 1150. The molecule has 33 heavy (non-hydrogen) atoms. The highest BCUT2D eigenvalue weighted by atomic mass is 19.1. The Morgan fingerprint density at radius 2 is 1.76 bits per heavy atom. The molecule has 6 nitrogen and oxygen atoms in total. The van der Waals surface area contributed by atoms with Gasteiger partial charge in [-0.05, 0) is 52.3 Å². The molecule has 1 aromatic heterocycles. The molecule has 174 valence electrons. The summed E-state index contributed by atoms with van der Waals surface area (Å²) in [6.07, 6.45) is 0.120. The molecule has 0 unspecified atom stereocenters. The van der Waals surface area contributed by atoms with E-state index in [0.29, 0.717) is 28.8 Å². The van der Waals surface area contributed by atoms with Gasteiger partial charge < -0.3 is 23.2 Å². The van der Waals surface area contributed by atoms with Crippen LogP contribution in [0.3, 0.4) is 0 Å². The van der Waals surface area contributed by atoms with Crippen molar-refractivity contribution < 1.29 is 32.4 Å². The van der Waals surface area contributed by atoms with Crippen LogP contribution in [0, 0.1) is 6.01 Å². The SMILES string of the molecule is CCOC(=O)Cc1ccccc1OCc1cc(B2OC(C)(C)C(C)(C)O2)c2oc(F)cc2c1. The summed E-state index contributed by atoms with van der Waals surface area (Å²) in [5, 5.41) is 0.595. The van der Waals surface area contributed by atoms with E-state index < -0.39 is 24.3 Å². The molecule has 0 amide bonds. The summed E-state index contributed by atoms with van der Waals surface area (Å²) in [5.74, 6) is 0.271. The minimum Gasteiger partial charge on any atom is -0.489 e. The number of para-hydroxylation sites is 1. The van der Waals surface area contributed by atoms with Crippen molar-refractivity contribution in [3.63, 3.8) is 0 Å². The lowest BCUT2D eigenvalue weighted by molar-refractivity contribution is -0.142. The summed E-state index contributed by atoms with van der Waals surface area (Å²) in [6, 6.07) is 11.6. The summed E-state index contributed by atoms with van der Waals surface area (Å²) < 4.78 is 42.8. The molecule has 2 heterocycles. The molecular weight excluding hydrogens is 426 g/mol. The van der Waals surface area contributed by atoms with E-state index in [1.165, 1.54) is 6.07 Å². The number of fused-ring (bicyclic) bond motifs is 1. The van der Waals surface area contributed by atoms with Gasteiger partial charge >= 0.3 is 13.1 Å². The summed E-state index contributed by atoms with van der Waals surface area (Å²) in [7, 11) is -0.709. The van der Waals surface area contributed by atoms with E-state index in [9.17, 15) is 9.18 Å². The molecule has 1 saturated heterocycles. The largest absolute Gasteiger partial charge is 0.498 e. The van der Waals surface area contributed by atoms with Crippen LogP contribution in [-0.4, -0.2) is 30.9 Å². The van der Waals surface area contributed by atoms with Crippen LogP contribution in [0.1, 0.15) is 45.7 Å². The normalized spacial score (nSPS) is 16.8. The predicted octanol–water partition coefficient (Wildman–Crippen LogP) is 4.56. The number of esters is 1. The van der Waals surface area contributed by atoms with Crippen LogP contribution >= 0.6 is 0 Å². The van der Waals surface area contributed by atoms with Gasteiger partial charge in [0, 0.05) is 22.5 Å². The number of furan rings is 1. The summed E-state index contributed by atoms with van der Waals surface area (Å²) in [6.45, 7) is 10.1. The molecule has 0 bridgehead atoms. The van der Waals surface area contributed by atoms with Crippen LogP contribution in [0.4, 0.5) is 4.39 Å². The lowest BCUT2D eigenvalue weighted by Gasteiger charge is -2.32. The quantitative estimate of drug-likeness (QED) is 0.385. The monoisotopic (exact) mass is 454 g/mol. The molecule has 0 radical (unpaired) electrons. The van der Waals surface area contributed by atoms with Crippen molar-refractivity contribution in [2.75, 3.05) is 6.61 Å². The van der Waals surface area contributed by atoms with E-state index >= 15 is 0 Å². The molecule has 3 aromatic rings. The van der Waals surface area contributed by atoms with Gasteiger partial charge in [-0.3, -0.25) is 4.79 Å². The van der Waals surface area contributed by atoms with Crippen LogP contribution in [0.15, 0.2) is 46.9 Å². The fourth-order valence-corrected chi connectivity index (χ4v) is 3.76. The topological polar surface area (TPSA) is 67.1 Å². The number of hydrogen-bond donors (Lipinski definition) is 0. The van der Waals surface area contributed by atoms with Crippen molar-refractivity contribution in [1.29, 1.82) is 0 Å². The third-order valence-corrected chi connectivity index (χ3v) is 6.19. The van der Waals surface area contributed by atoms with E-state index in [1.54, 1.807) is 13.0 Å². The fraction of sp³-hybridized carbons (Fsp3) is 0.400. The number of ether oxygens (including phenoxy) is 2. The molecule has 0 atom stereocenters. The van der Waals surface area contributed by atoms with E-state index in [2.05, 4.69) is 0 Å². The van der Waals surface area contributed by atoms with Crippen molar-refractivity contribution in [2.24, 2.45) is 0 Å². The van der Waals surface area contributed by atoms with Gasteiger partial charge in [0.05, 0.1) is 24.2 Å². The number of halogens is 1. The molecular formula is C25H28BFO6. The van der Waals surface area contributed by atoms with Gasteiger partial charge in [0.2, 0.25) is 0 Å². The average Bonchev–Trinajstić information content (AvgIpc) is 3.21. The second-order valence-corrected chi connectivity index (χ2v) is 9.12. The van der Waals surface area contributed by atoms with Crippen LogP contribution in [0.2, 0.25) is 0 Å². The molecule has 8 heteroatoms. The molecule has 0 aliphatic carbocycles. The van der Waals surface area contributed by atoms with E-state index in [-0.39, 0.29) is 19.0 Å². The van der Waals surface area contributed by atoms with Crippen LogP contribution in [0.5, 0.6) is 5.75 Å². The van der Waals surface area contributed by atoms with E-state index in [1.807, 2.05) is 58.0 Å². The van der Waals surface area contributed by atoms with Gasteiger partial charge in [-0.15, -0.1) is 0 Å². The number of hydrogen-bond acceptors (Lipinski definition) is 6. The van der Waals surface area contributed by atoms with Crippen molar-refractivity contribution >= 4 is 29.5 Å². The Morgan fingerprint density at radius 3 is 2.45 bits per heavy atom. The first-order valence-corrected chi connectivity index (χ1v) is 11.0. The van der Waals surface area contributed by atoms with E-state index in [0.717, 1.165) is 11.1 Å². The maximum Gasteiger partial charge on any atom is 0.498 e. The second-order valence-electron chi connectivity index (χ2n) is 9.12. The number of benzene rings is 2. The van der Waals surface area contributed by atoms with Crippen molar-refractivity contribution in [3.05, 3.63) is 59.6 Å². The van der Waals surface area contributed by atoms with Crippen molar-refractivity contribution in [3.8, 4) is 5.75 Å². The Labute approximate surface area is 193 Å². The highest BCUT2D eigenvalue weighted by molar-refractivity contribution is 6.64. The molecule has 1 aliphatic heterocycles. The maximum absolute atomic E-state index is 14.0. The third kappa shape index (κ3) is 4.77. The Balaban J connectivity index is 1.61.